The second kappa shape index (κ2) is 5.97. The van der Waals surface area contributed by atoms with Crippen LogP contribution < -0.4 is 0 Å². The van der Waals surface area contributed by atoms with E-state index in [0.29, 0.717) is 18.6 Å². The third kappa shape index (κ3) is 3.23. The van der Waals surface area contributed by atoms with Gasteiger partial charge in [-0.25, -0.2) is 0 Å². The summed E-state index contributed by atoms with van der Waals surface area (Å²) in [6, 6.07) is 2.17. The summed E-state index contributed by atoms with van der Waals surface area (Å²) in [5.41, 5.74) is 1.77. The molecule has 3 rings (SSSR count). The fraction of sp³-hybridized carbons (Fsp3) is 0.722. The van der Waals surface area contributed by atoms with Gasteiger partial charge in [-0.1, -0.05) is 20.8 Å². The second-order valence-electron chi connectivity index (χ2n) is 7.80. The van der Waals surface area contributed by atoms with Gasteiger partial charge in [0.05, 0.1) is 17.6 Å². The van der Waals surface area contributed by atoms with Gasteiger partial charge in [-0.3, -0.25) is 4.79 Å². The van der Waals surface area contributed by atoms with Gasteiger partial charge in [0.25, 0.3) is 5.91 Å². The third-order valence-corrected chi connectivity index (χ3v) is 6.27. The van der Waals surface area contributed by atoms with Crippen molar-refractivity contribution in [2.75, 3.05) is 19.7 Å². The van der Waals surface area contributed by atoms with E-state index in [2.05, 4.69) is 26.8 Å². The normalized spacial score (nSPS) is 25.9. The van der Waals surface area contributed by atoms with Crippen LogP contribution in [0.15, 0.2) is 6.07 Å². The number of aryl methyl sites for hydroxylation is 1. The van der Waals surface area contributed by atoms with E-state index in [0.717, 1.165) is 30.2 Å². The van der Waals surface area contributed by atoms with Gasteiger partial charge in [0.15, 0.2) is 0 Å². The number of thiophene rings is 1. The van der Waals surface area contributed by atoms with Gasteiger partial charge in [-0.15, -0.1) is 11.3 Å². The Kier molecular flexibility index (Phi) is 4.34. The number of carbonyl (C=O) groups is 1. The molecule has 4 heteroatoms. The Labute approximate surface area is 137 Å². The summed E-state index contributed by atoms with van der Waals surface area (Å²) in [6.45, 7) is 11.1. The van der Waals surface area contributed by atoms with E-state index in [1.54, 1.807) is 11.3 Å². The number of amides is 1. The highest BCUT2D eigenvalue weighted by atomic mass is 32.1. The highest BCUT2D eigenvalue weighted by molar-refractivity contribution is 7.14. The highest BCUT2D eigenvalue weighted by Gasteiger charge is 2.31. The summed E-state index contributed by atoms with van der Waals surface area (Å²) < 4.78 is 5.54. The van der Waals surface area contributed by atoms with Crippen molar-refractivity contribution >= 4 is 17.2 Å². The number of carbonyl (C=O) groups excluding carboxylic acids is 1. The Morgan fingerprint density at radius 3 is 2.86 bits per heavy atom. The Bertz CT molecular complexity index is 558. The molecule has 1 aromatic rings. The molecular formula is C18H27NO2S. The molecular weight excluding hydrogens is 294 g/mol. The molecule has 0 bridgehead atoms. The summed E-state index contributed by atoms with van der Waals surface area (Å²) in [4.78, 5) is 17.0. The molecule has 1 aliphatic heterocycles. The topological polar surface area (TPSA) is 29.5 Å². The zero-order chi connectivity index (χ0) is 15.9. The Morgan fingerprint density at radius 1 is 1.41 bits per heavy atom. The number of fused-ring (bicyclic) bond motifs is 1. The minimum atomic E-state index is 0.151. The van der Waals surface area contributed by atoms with Crippen LogP contribution in [0.25, 0.3) is 0 Å². The molecule has 0 N–H and O–H groups in total. The number of morpholine rings is 1. The van der Waals surface area contributed by atoms with Gasteiger partial charge in [0.2, 0.25) is 0 Å². The first-order chi connectivity index (χ1) is 10.3. The SMILES string of the molecule is CC1CN(C(=O)c2cc3c(s2)CCC(C(C)(C)C)C3)CCO1. The monoisotopic (exact) mass is 321 g/mol. The molecule has 122 valence electrons. The largest absolute Gasteiger partial charge is 0.375 e. The van der Waals surface area contributed by atoms with Crippen LogP contribution in [-0.2, 0) is 17.6 Å². The first-order valence-corrected chi connectivity index (χ1v) is 9.18. The van der Waals surface area contributed by atoms with E-state index in [1.807, 2.05) is 11.8 Å². The van der Waals surface area contributed by atoms with Crippen LogP contribution in [0.4, 0.5) is 0 Å². The predicted molar refractivity (Wildman–Crippen MR) is 90.6 cm³/mol. The number of hydrogen-bond acceptors (Lipinski definition) is 3. The summed E-state index contributed by atoms with van der Waals surface area (Å²) >= 11 is 1.72. The van der Waals surface area contributed by atoms with Crippen LogP contribution in [0.5, 0.6) is 0 Å². The lowest BCUT2D eigenvalue weighted by molar-refractivity contribution is -0.0122. The van der Waals surface area contributed by atoms with Gasteiger partial charge in [0, 0.05) is 18.0 Å². The molecule has 2 atom stereocenters. The number of ether oxygens (including phenoxy) is 1. The van der Waals surface area contributed by atoms with Crippen molar-refractivity contribution < 1.29 is 9.53 Å². The van der Waals surface area contributed by atoms with Crippen LogP contribution in [0.1, 0.15) is 54.2 Å². The first-order valence-electron chi connectivity index (χ1n) is 8.37. The van der Waals surface area contributed by atoms with E-state index in [4.69, 9.17) is 4.74 Å². The molecule has 0 spiro atoms. The summed E-state index contributed by atoms with van der Waals surface area (Å²) in [7, 11) is 0. The van der Waals surface area contributed by atoms with Gasteiger partial charge in [-0.2, -0.15) is 0 Å². The molecule has 0 aromatic carbocycles. The molecule has 3 nitrogen and oxygen atoms in total. The maximum atomic E-state index is 12.7. The average molecular weight is 321 g/mol. The standard InChI is InChI=1S/C18H27NO2S/c1-12-11-19(7-8-21-12)17(20)16-10-13-9-14(18(2,3)4)5-6-15(13)22-16/h10,12,14H,5-9,11H2,1-4H3. The maximum Gasteiger partial charge on any atom is 0.264 e. The van der Waals surface area contributed by atoms with Crippen LogP contribution >= 0.6 is 11.3 Å². The Balaban J connectivity index is 1.75. The van der Waals surface area contributed by atoms with Crippen molar-refractivity contribution in [1.29, 1.82) is 0 Å². The summed E-state index contributed by atoms with van der Waals surface area (Å²) in [6.07, 6.45) is 3.66. The predicted octanol–water partition coefficient (Wildman–Crippen LogP) is 3.76. The van der Waals surface area contributed by atoms with Crippen LogP contribution in [0.2, 0.25) is 0 Å². The molecule has 2 heterocycles. The zero-order valence-electron chi connectivity index (χ0n) is 14.1. The molecule has 22 heavy (non-hydrogen) atoms. The zero-order valence-corrected chi connectivity index (χ0v) is 15.0. The minimum Gasteiger partial charge on any atom is -0.375 e. The van der Waals surface area contributed by atoms with Crippen LogP contribution in [0.3, 0.4) is 0 Å². The average Bonchev–Trinajstić information content (AvgIpc) is 2.88. The van der Waals surface area contributed by atoms with Gasteiger partial charge in [0.1, 0.15) is 0 Å². The smallest absolute Gasteiger partial charge is 0.264 e. The molecule has 2 unspecified atom stereocenters. The summed E-state index contributed by atoms with van der Waals surface area (Å²) in [5, 5.41) is 0. The lowest BCUT2D eigenvalue weighted by Crippen LogP contribution is -2.44. The second-order valence-corrected chi connectivity index (χ2v) is 8.93. The molecule has 1 fully saturated rings. The fourth-order valence-electron chi connectivity index (χ4n) is 3.53. The van der Waals surface area contributed by atoms with Crippen molar-refractivity contribution in [2.24, 2.45) is 11.3 Å². The molecule has 2 aliphatic rings. The fourth-order valence-corrected chi connectivity index (χ4v) is 4.70. The molecule has 0 saturated carbocycles. The van der Waals surface area contributed by atoms with E-state index < -0.39 is 0 Å². The molecule has 1 aromatic heterocycles. The maximum absolute atomic E-state index is 12.7. The van der Waals surface area contributed by atoms with Crippen molar-refractivity contribution in [1.82, 2.24) is 4.90 Å². The van der Waals surface area contributed by atoms with Gasteiger partial charge < -0.3 is 9.64 Å². The number of hydrogen-bond donors (Lipinski definition) is 0. The van der Waals surface area contributed by atoms with Gasteiger partial charge in [-0.05, 0) is 49.1 Å². The van der Waals surface area contributed by atoms with Crippen LogP contribution in [0, 0.1) is 11.3 Å². The van der Waals surface area contributed by atoms with Crippen LogP contribution in [-0.4, -0.2) is 36.6 Å². The van der Waals surface area contributed by atoms with E-state index >= 15 is 0 Å². The Morgan fingerprint density at radius 2 is 2.18 bits per heavy atom. The quantitative estimate of drug-likeness (QED) is 0.788. The first kappa shape index (κ1) is 16.0. The molecule has 1 amide bonds. The van der Waals surface area contributed by atoms with Crippen molar-refractivity contribution in [3.63, 3.8) is 0 Å². The Hall–Kier alpha value is -0.870. The molecule has 1 aliphatic carbocycles. The third-order valence-electron chi connectivity index (χ3n) is 5.05. The van der Waals surface area contributed by atoms with Crippen molar-refractivity contribution in [3.05, 3.63) is 21.4 Å². The van der Waals surface area contributed by atoms with Crippen molar-refractivity contribution in [3.8, 4) is 0 Å². The minimum absolute atomic E-state index is 0.151. The van der Waals surface area contributed by atoms with Gasteiger partial charge >= 0.3 is 0 Å². The lowest BCUT2D eigenvalue weighted by Gasteiger charge is -2.33. The lowest BCUT2D eigenvalue weighted by atomic mass is 9.72. The van der Waals surface area contributed by atoms with E-state index in [1.165, 1.54) is 16.9 Å². The van der Waals surface area contributed by atoms with Crippen molar-refractivity contribution in [2.45, 2.75) is 53.1 Å². The van der Waals surface area contributed by atoms with E-state index in [-0.39, 0.29) is 12.0 Å². The van der Waals surface area contributed by atoms with E-state index in [9.17, 15) is 4.79 Å². The highest BCUT2D eigenvalue weighted by Crippen LogP contribution is 2.40. The molecule has 1 saturated heterocycles. The summed E-state index contributed by atoms with van der Waals surface area (Å²) in [5.74, 6) is 0.919. The number of rotatable bonds is 1. The number of nitrogens with zero attached hydrogens (tertiary/aromatic N) is 1. The molecule has 0 radical (unpaired) electrons.